The molecule has 7 rings (SSSR count). The van der Waals surface area contributed by atoms with Gasteiger partial charge in [-0.05, 0) is 121 Å². The van der Waals surface area contributed by atoms with Gasteiger partial charge in [0.05, 0.1) is 18.8 Å². The number of ether oxygens (including phenoxy) is 2. The standard InChI is InChI=1S/C46H41F3O4/c1-6-40(50)52-22-8-20-45(21-9-23-53-41(51)7-2)38-26-29(13-17-35(38)36-19-15-32(27-39(36)45)46(47,48)49)34-16-12-28-10-11-30-24-33(44(3,4)5)25-31-14-18-37(34)43(28)42(30)31/h6-7,10-19,24-27H,1-2,8-9,20-23H2,3-5H3. The van der Waals surface area contributed by atoms with Crippen LogP contribution in [-0.2, 0) is 36.1 Å². The summed E-state index contributed by atoms with van der Waals surface area (Å²) in [5, 5.41) is 6.98. The molecular formula is C46H41F3O4. The number of alkyl halides is 3. The summed E-state index contributed by atoms with van der Waals surface area (Å²) in [6.07, 6.45) is -0.799. The summed E-state index contributed by atoms with van der Waals surface area (Å²) in [6, 6.07) is 27.7. The fourth-order valence-corrected chi connectivity index (χ4v) is 8.22. The van der Waals surface area contributed by atoms with Crippen LogP contribution in [0.4, 0.5) is 13.2 Å². The van der Waals surface area contributed by atoms with Gasteiger partial charge in [0.1, 0.15) is 0 Å². The number of carbonyl (C=O) groups excluding carboxylic acids is 2. The van der Waals surface area contributed by atoms with Crippen LogP contribution in [-0.4, -0.2) is 25.2 Å². The Hall–Kier alpha value is -5.43. The first-order chi connectivity index (χ1) is 25.2. The Morgan fingerprint density at radius 2 is 1.17 bits per heavy atom. The molecule has 0 heterocycles. The van der Waals surface area contributed by atoms with Crippen molar-refractivity contribution >= 4 is 44.3 Å². The van der Waals surface area contributed by atoms with Gasteiger partial charge in [-0.15, -0.1) is 0 Å². The number of fused-ring (bicyclic) bond motifs is 3. The lowest BCUT2D eigenvalue weighted by molar-refractivity contribution is -0.138. The minimum atomic E-state index is -4.55. The molecule has 270 valence electrons. The molecule has 53 heavy (non-hydrogen) atoms. The number of halogens is 3. The van der Waals surface area contributed by atoms with Gasteiger partial charge in [0.2, 0.25) is 0 Å². The minimum absolute atomic E-state index is 0.00835. The molecule has 0 aliphatic heterocycles. The largest absolute Gasteiger partial charge is 0.463 e. The summed E-state index contributed by atoms with van der Waals surface area (Å²) in [7, 11) is 0. The average Bonchev–Trinajstić information content (AvgIpc) is 3.41. The number of hydrogen-bond acceptors (Lipinski definition) is 4. The van der Waals surface area contributed by atoms with Gasteiger partial charge < -0.3 is 9.47 Å². The van der Waals surface area contributed by atoms with Crippen LogP contribution in [0.2, 0.25) is 0 Å². The third kappa shape index (κ3) is 6.47. The van der Waals surface area contributed by atoms with Crippen molar-refractivity contribution in [1.29, 1.82) is 0 Å². The minimum Gasteiger partial charge on any atom is -0.463 e. The maximum atomic E-state index is 14.3. The molecule has 0 N–H and O–H groups in total. The Labute approximate surface area is 307 Å². The van der Waals surface area contributed by atoms with Gasteiger partial charge in [-0.2, -0.15) is 13.2 Å². The molecule has 1 aliphatic carbocycles. The van der Waals surface area contributed by atoms with E-state index in [0.717, 1.165) is 56.8 Å². The van der Waals surface area contributed by atoms with Gasteiger partial charge in [-0.25, -0.2) is 9.59 Å². The SMILES string of the molecule is C=CC(=O)OCCCC1(CCCOC(=O)C=C)c2cc(-c3ccc4ccc5cc(C(C)(C)C)cc6ccc3c4c56)ccc2-c2ccc(C(F)(F)F)cc21. The Kier molecular flexibility index (Phi) is 9.17. The van der Waals surface area contributed by atoms with Crippen molar-refractivity contribution in [3.63, 3.8) is 0 Å². The van der Waals surface area contributed by atoms with Gasteiger partial charge in [-0.3, -0.25) is 0 Å². The second-order valence-corrected chi connectivity index (χ2v) is 15.0. The lowest BCUT2D eigenvalue weighted by atomic mass is 9.70. The Balaban J connectivity index is 1.40. The van der Waals surface area contributed by atoms with Gasteiger partial charge in [-0.1, -0.05) is 101 Å². The van der Waals surface area contributed by atoms with E-state index in [-0.39, 0.29) is 18.6 Å². The van der Waals surface area contributed by atoms with Gasteiger partial charge >= 0.3 is 18.1 Å². The first-order valence-electron chi connectivity index (χ1n) is 17.9. The van der Waals surface area contributed by atoms with Crippen molar-refractivity contribution in [2.75, 3.05) is 13.2 Å². The van der Waals surface area contributed by atoms with Crippen molar-refractivity contribution in [3.05, 3.63) is 132 Å². The van der Waals surface area contributed by atoms with E-state index in [1.54, 1.807) is 6.07 Å². The van der Waals surface area contributed by atoms with E-state index in [4.69, 9.17) is 9.47 Å². The van der Waals surface area contributed by atoms with Crippen molar-refractivity contribution < 1.29 is 32.2 Å². The maximum Gasteiger partial charge on any atom is 0.416 e. The van der Waals surface area contributed by atoms with Crippen LogP contribution in [0.5, 0.6) is 0 Å². The van der Waals surface area contributed by atoms with Crippen molar-refractivity contribution in [1.82, 2.24) is 0 Å². The van der Waals surface area contributed by atoms with Crippen LogP contribution in [0.25, 0.3) is 54.6 Å². The summed E-state index contributed by atoms with van der Waals surface area (Å²) < 4.78 is 53.4. The maximum absolute atomic E-state index is 14.3. The summed E-state index contributed by atoms with van der Waals surface area (Å²) in [5.41, 5.74) is 4.66. The van der Waals surface area contributed by atoms with Crippen LogP contribution in [0, 0.1) is 0 Å². The molecule has 7 heteroatoms. The lowest BCUT2D eigenvalue weighted by Gasteiger charge is -2.33. The third-order valence-electron chi connectivity index (χ3n) is 10.8. The number of carbonyl (C=O) groups is 2. The number of hydrogen-bond donors (Lipinski definition) is 0. The molecular weight excluding hydrogens is 673 g/mol. The van der Waals surface area contributed by atoms with Crippen LogP contribution in [0.1, 0.15) is 68.7 Å². The molecule has 4 nitrogen and oxygen atoms in total. The molecule has 0 saturated heterocycles. The highest BCUT2D eigenvalue weighted by Crippen LogP contribution is 2.56. The predicted molar refractivity (Wildman–Crippen MR) is 206 cm³/mol. The molecule has 0 fully saturated rings. The number of benzene rings is 6. The summed E-state index contributed by atoms with van der Waals surface area (Å²) in [4.78, 5) is 23.8. The summed E-state index contributed by atoms with van der Waals surface area (Å²) >= 11 is 0. The van der Waals surface area contributed by atoms with E-state index in [9.17, 15) is 22.8 Å². The smallest absolute Gasteiger partial charge is 0.416 e. The lowest BCUT2D eigenvalue weighted by Crippen LogP contribution is -2.27. The van der Waals surface area contributed by atoms with Crippen molar-refractivity contribution in [2.24, 2.45) is 0 Å². The molecule has 6 aromatic rings. The number of esters is 2. The fraction of sp³-hybridized carbons (Fsp3) is 0.261. The fourth-order valence-electron chi connectivity index (χ4n) is 8.22. The van der Waals surface area contributed by atoms with Gasteiger partial charge in [0, 0.05) is 17.6 Å². The second kappa shape index (κ2) is 13.5. The summed E-state index contributed by atoms with van der Waals surface area (Å²) in [5.74, 6) is -1.12. The predicted octanol–water partition coefficient (Wildman–Crippen LogP) is 11.9. The van der Waals surface area contributed by atoms with Crippen LogP contribution < -0.4 is 0 Å². The van der Waals surface area contributed by atoms with Crippen molar-refractivity contribution in [2.45, 2.75) is 63.5 Å². The molecule has 0 radical (unpaired) electrons. The number of rotatable bonds is 11. The Morgan fingerprint density at radius 1 is 0.642 bits per heavy atom. The first-order valence-corrected chi connectivity index (χ1v) is 17.9. The zero-order chi connectivity index (χ0) is 37.7. The van der Waals surface area contributed by atoms with Crippen LogP contribution in [0.3, 0.4) is 0 Å². The monoisotopic (exact) mass is 714 g/mol. The first kappa shape index (κ1) is 36.0. The molecule has 0 atom stereocenters. The molecule has 1 aliphatic rings. The van der Waals surface area contributed by atoms with Crippen molar-refractivity contribution in [3.8, 4) is 22.3 Å². The van der Waals surface area contributed by atoms with Gasteiger partial charge in [0.25, 0.3) is 0 Å². The van der Waals surface area contributed by atoms with E-state index in [0.29, 0.717) is 31.2 Å². The van der Waals surface area contributed by atoms with E-state index >= 15 is 0 Å². The molecule has 0 bridgehead atoms. The highest BCUT2D eigenvalue weighted by Gasteiger charge is 2.44. The highest BCUT2D eigenvalue weighted by atomic mass is 19.4. The molecule has 0 spiro atoms. The Morgan fingerprint density at radius 3 is 1.75 bits per heavy atom. The molecule has 0 amide bonds. The van der Waals surface area contributed by atoms with Gasteiger partial charge in [0.15, 0.2) is 0 Å². The second-order valence-electron chi connectivity index (χ2n) is 15.0. The topological polar surface area (TPSA) is 52.6 Å². The molecule has 0 unspecified atom stereocenters. The summed E-state index contributed by atoms with van der Waals surface area (Å²) in [6.45, 7) is 13.7. The molecule has 0 saturated carbocycles. The van der Waals surface area contributed by atoms with E-state index in [1.165, 1.54) is 33.2 Å². The average molecular weight is 715 g/mol. The zero-order valence-corrected chi connectivity index (χ0v) is 30.2. The Bertz CT molecular complexity index is 2370. The zero-order valence-electron chi connectivity index (χ0n) is 30.2. The van der Waals surface area contributed by atoms with E-state index in [1.807, 2.05) is 6.07 Å². The van der Waals surface area contributed by atoms with Crippen LogP contribution in [0.15, 0.2) is 110 Å². The highest BCUT2D eigenvalue weighted by molar-refractivity contribution is 6.25. The van der Waals surface area contributed by atoms with Crippen LogP contribution >= 0.6 is 0 Å². The third-order valence-corrected chi connectivity index (χ3v) is 10.8. The molecule has 6 aromatic carbocycles. The molecule has 0 aromatic heterocycles. The quantitative estimate of drug-likeness (QED) is 0.0580. The van der Waals surface area contributed by atoms with E-state index in [2.05, 4.69) is 94.6 Å². The normalized spacial score (nSPS) is 13.6. The van der Waals surface area contributed by atoms with E-state index < -0.39 is 29.1 Å².